The van der Waals surface area contributed by atoms with Crippen molar-refractivity contribution in [1.29, 1.82) is 0 Å². The highest BCUT2D eigenvalue weighted by Crippen LogP contribution is 2.45. The molecule has 0 atom stereocenters. The van der Waals surface area contributed by atoms with Crippen molar-refractivity contribution in [1.82, 2.24) is 18.7 Å². The van der Waals surface area contributed by atoms with E-state index in [4.69, 9.17) is 4.65 Å². The molecule has 1 aromatic carbocycles. The Kier molecular flexibility index (Phi) is 5.41. The molecule has 1 fully saturated rings. The van der Waals surface area contributed by atoms with Crippen LogP contribution in [0.5, 0.6) is 0 Å². The van der Waals surface area contributed by atoms with Crippen LogP contribution in [0.25, 0.3) is 22.2 Å². The molecule has 4 aromatic rings. The van der Waals surface area contributed by atoms with Gasteiger partial charge in [-0.3, -0.25) is 0 Å². The van der Waals surface area contributed by atoms with Crippen LogP contribution in [0.3, 0.4) is 0 Å². The number of alkyl halides is 2. The van der Waals surface area contributed by atoms with Gasteiger partial charge in [0.05, 0.1) is 16.7 Å². The zero-order valence-corrected chi connectivity index (χ0v) is 20.6. The maximum absolute atomic E-state index is 13.5. The third-order valence-electron chi connectivity index (χ3n) is 7.19. The van der Waals surface area contributed by atoms with Crippen molar-refractivity contribution in [3.8, 4) is 11.1 Å². The van der Waals surface area contributed by atoms with E-state index in [2.05, 4.69) is 23.9 Å². The molecule has 35 heavy (non-hydrogen) atoms. The number of hydrogen-bond acceptors (Lipinski definition) is 5. The molecule has 1 aliphatic heterocycles. The van der Waals surface area contributed by atoms with E-state index >= 15 is 0 Å². The summed E-state index contributed by atoms with van der Waals surface area (Å²) in [4.78, 5) is 4.61. The van der Waals surface area contributed by atoms with Crippen molar-refractivity contribution in [3.63, 3.8) is 0 Å². The Balaban J connectivity index is 1.71. The largest absolute Gasteiger partial charge is 0.425 e. The van der Waals surface area contributed by atoms with Crippen molar-refractivity contribution in [2.75, 3.05) is 0 Å². The number of hydrogen-bond donors (Lipinski definition) is 0. The van der Waals surface area contributed by atoms with Crippen LogP contribution in [0, 0.1) is 5.41 Å². The lowest BCUT2D eigenvalue weighted by Gasteiger charge is -2.34. The van der Waals surface area contributed by atoms with Gasteiger partial charge in [-0.15, -0.1) is 0 Å². The molecule has 7 nitrogen and oxygen atoms in total. The predicted molar refractivity (Wildman–Crippen MR) is 130 cm³/mol. The molecule has 0 aliphatic carbocycles. The predicted octanol–water partition coefficient (Wildman–Crippen LogP) is 4.57. The van der Waals surface area contributed by atoms with Crippen molar-refractivity contribution in [3.05, 3.63) is 61.2 Å². The van der Waals surface area contributed by atoms with E-state index in [9.17, 15) is 17.2 Å². The third-order valence-corrected chi connectivity index (χ3v) is 8.85. The second kappa shape index (κ2) is 7.99. The van der Waals surface area contributed by atoms with E-state index in [-0.39, 0.29) is 22.9 Å². The van der Waals surface area contributed by atoms with Gasteiger partial charge in [-0.2, -0.15) is 13.9 Å². The molecular weight excluding hydrogens is 473 g/mol. The molecule has 11 heteroatoms. The summed E-state index contributed by atoms with van der Waals surface area (Å²) in [5, 5.41) is 4.30. The molecular formula is C24H25BF2N4O3S. The van der Waals surface area contributed by atoms with Gasteiger partial charge >= 0.3 is 13.5 Å². The van der Waals surface area contributed by atoms with E-state index in [0.29, 0.717) is 33.0 Å². The number of halogens is 2. The van der Waals surface area contributed by atoms with Crippen LogP contribution in [-0.4, -0.2) is 39.7 Å². The average molecular weight is 498 g/mol. The Hall–Kier alpha value is -3.05. The highest BCUT2D eigenvalue weighted by molar-refractivity contribution is 7.90. The number of nitrogens with zero attached hydrogens (tertiary/aromatic N) is 4. The lowest BCUT2D eigenvalue weighted by molar-refractivity contribution is 0.0376. The van der Waals surface area contributed by atoms with Gasteiger partial charge in [0.25, 0.3) is 10.0 Å². The van der Waals surface area contributed by atoms with Crippen molar-refractivity contribution >= 4 is 33.4 Å². The van der Waals surface area contributed by atoms with Crippen molar-refractivity contribution < 1.29 is 21.9 Å². The third kappa shape index (κ3) is 3.86. The molecule has 4 heterocycles. The summed E-state index contributed by atoms with van der Waals surface area (Å²) in [6.45, 7) is 5.16. The van der Waals surface area contributed by atoms with E-state index in [1.807, 2.05) is 13.8 Å². The number of rotatable bonds is 5. The Morgan fingerprint density at radius 1 is 1.06 bits per heavy atom. The normalized spacial score (nSPS) is 17.5. The van der Waals surface area contributed by atoms with Crippen molar-refractivity contribution in [2.24, 2.45) is 5.41 Å². The van der Waals surface area contributed by atoms with Gasteiger partial charge in [0, 0.05) is 35.1 Å². The van der Waals surface area contributed by atoms with Crippen LogP contribution in [0.4, 0.5) is 8.78 Å². The number of aromatic nitrogens is 4. The van der Waals surface area contributed by atoms with E-state index in [1.54, 1.807) is 30.5 Å². The molecule has 1 aliphatic rings. The fraction of sp³-hybridized carbons (Fsp3) is 0.333. The smallest absolute Gasteiger partial charge is 0.333 e. The van der Waals surface area contributed by atoms with E-state index in [0.717, 1.165) is 0 Å². The maximum atomic E-state index is 13.5. The highest BCUT2D eigenvalue weighted by Gasteiger charge is 2.50. The lowest BCUT2D eigenvalue weighted by Crippen LogP contribution is -2.36. The zero-order chi connectivity index (χ0) is 25.2. The average Bonchev–Trinajstić information content (AvgIpc) is 3.49. The zero-order valence-electron chi connectivity index (χ0n) is 19.8. The van der Waals surface area contributed by atoms with E-state index < -0.39 is 22.2 Å². The summed E-state index contributed by atoms with van der Waals surface area (Å²) in [7, 11) is -3.93. The molecule has 3 aromatic heterocycles. The minimum Gasteiger partial charge on any atom is -0.425 e. The summed E-state index contributed by atoms with van der Waals surface area (Å²) in [5.41, 5.74) is 1.35. The Labute approximate surface area is 202 Å². The first-order chi connectivity index (χ1) is 16.4. The number of benzene rings is 1. The SMILES string of the molecule is CC1(C)CB(c2cn(S(=O)(=O)c3ccccc3)c3ncc(-c4cnn(C(F)F)c4)cc23)OC1(C)C. The summed E-state index contributed by atoms with van der Waals surface area (Å²) in [6, 6.07) is 9.91. The topological polar surface area (TPSA) is 79.0 Å². The van der Waals surface area contributed by atoms with Gasteiger partial charge < -0.3 is 4.65 Å². The number of fused-ring (bicyclic) bond motifs is 1. The highest BCUT2D eigenvalue weighted by atomic mass is 32.2. The van der Waals surface area contributed by atoms with Crippen LogP contribution < -0.4 is 5.46 Å². The quantitative estimate of drug-likeness (QED) is 0.377. The standard InChI is InChI=1S/C24H25BF2N4O3S/c1-23(2)15-25(34-24(23,3)4)20-14-31(35(32,33)18-8-6-5-7-9-18)21-19(20)10-16(11-28-21)17-12-29-30(13-17)22(26)27/h5-14,22H,15H2,1-4H3. The van der Waals surface area contributed by atoms with Gasteiger partial charge in [0.15, 0.2) is 5.65 Å². The molecule has 5 rings (SSSR count). The minimum absolute atomic E-state index is 0.139. The van der Waals surface area contributed by atoms with Crippen LogP contribution >= 0.6 is 0 Å². The van der Waals surface area contributed by atoms with Gasteiger partial charge in [0.2, 0.25) is 0 Å². The summed E-state index contributed by atoms with van der Waals surface area (Å²) in [5.74, 6) is 0. The molecule has 0 unspecified atom stereocenters. The first-order valence-corrected chi connectivity index (χ1v) is 12.7. The van der Waals surface area contributed by atoms with E-state index in [1.165, 1.54) is 34.7 Å². The molecule has 0 N–H and O–H groups in total. The monoisotopic (exact) mass is 498 g/mol. The molecule has 0 bridgehead atoms. The minimum atomic E-state index is -3.93. The Morgan fingerprint density at radius 2 is 1.77 bits per heavy atom. The number of pyridine rings is 1. The first kappa shape index (κ1) is 23.7. The Bertz CT molecular complexity index is 1500. The second-order valence-electron chi connectivity index (χ2n) is 9.99. The maximum Gasteiger partial charge on any atom is 0.333 e. The van der Waals surface area contributed by atoms with Crippen LogP contribution in [0.2, 0.25) is 6.32 Å². The van der Waals surface area contributed by atoms with Crippen LogP contribution in [0.1, 0.15) is 34.2 Å². The first-order valence-electron chi connectivity index (χ1n) is 11.2. The van der Waals surface area contributed by atoms with Crippen LogP contribution in [-0.2, 0) is 14.7 Å². The van der Waals surface area contributed by atoms with Gasteiger partial charge in [-0.05, 0) is 49.2 Å². The molecule has 0 amide bonds. The summed E-state index contributed by atoms with van der Waals surface area (Å²) in [6.07, 6.45) is 6.31. The van der Waals surface area contributed by atoms with Gasteiger partial charge in [0.1, 0.15) is 0 Å². The fourth-order valence-corrected chi connectivity index (χ4v) is 5.79. The lowest BCUT2D eigenvalue weighted by atomic mass is 9.54. The molecule has 182 valence electrons. The second-order valence-corrected chi connectivity index (χ2v) is 11.8. The molecule has 0 spiro atoms. The van der Waals surface area contributed by atoms with Gasteiger partial charge in [-0.25, -0.2) is 22.1 Å². The molecule has 0 saturated carbocycles. The van der Waals surface area contributed by atoms with Crippen LogP contribution in [0.15, 0.2) is 66.1 Å². The Morgan fingerprint density at radius 3 is 2.37 bits per heavy atom. The van der Waals surface area contributed by atoms with Gasteiger partial charge in [-0.1, -0.05) is 32.0 Å². The molecule has 1 saturated heterocycles. The molecule has 0 radical (unpaired) electrons. The summed E-state index contributed by atoms with van der Waals surface area (Å²) < 4.78 is 61.4. The summed E-state index contributed by atoms with van der Waals surface area (Å²) >= 11 is 0. The fourth-order valence-electron chi connectivity index (χ4n) is 4.44. The van der Waals surface area contributed by atoms with Crippen molar-refractivity contribution in [2.45, 2.75) is 51.1 Å².